The van der Waals surface area contributed by atoms with Crippen LogP contribution in [0.5, 0.6) is 5.88 Å². The SMILES string of the molecule is COc1ccc(C#CCCBr)nn1. The summed E-state index contributed by atoms with van der Waals surface area (Å²) in [5.74, 6) is 6.34. The van der Waals surface area contributed by atoms with Crippen molar-refractivity contribution in [2.24, 2.45) is 0 Å². The second-order valence-corrected chi connectivity index (χ2v) is 2.99. The Balaban J connectivity index is 2.65. The molecule has 68 valence electrons. The summed E-state index contributed by atoms with van der Waals surface area (Å²) in [6, 6.07) is 3.53. The molecule has 0 N–H and O–H groups in total. The molecule has 0 aromatic carbocycles. The summed E-state index contributed by atoms with van der Waals surface area (Å²) < 4.78 is 4.87. The summed E-state index contributed by atoms with van der Waals surface area (Å²) in [4.78, 5) is 0. The highest BCUT2D eigenvalue weighted by Gasteiger charge is 1.92. The van der Waals surface area contributed by atoms with Gasteiger partial charge in [-0.15, -0.1) is 10.2 Å². The van der Waals surface area contributed by atoms with Gasteiger partial charge in [-0.2, -0.15) is 0 Å². The van der Waals surface area contributed by atoms with E-state index in [1.165, 1.54) is 0 Å². The van der Waals surface area contributed by atoms with E-state index in [1.807, 2.05) is 0 Å². The van der Waals surface area contributed by atoms with Crippen LogP contribution in [0.3, 0.4) is 0 Å². The minimum absolute atomic E-state index is 0.506. The molecule has 0 saturated carbocycles. The molecule has 0 atom stereocenters. The summed E-state index contributed by atoms with van der Waals surface area (Å²) >= 11 is 3.29. The molecule has 0 radical (unpaired) electrons. The zero-order valence-electron chi connectivity index (χ0n) is 7.25. The Bertz CT molecular complexity index is 313. The number of rotatable bonds is 2. The molecular weight excluding hydrogens is 232 g/mol. The number of halogens is 1. The molecule has 0 aliphatic heterocycles. The standard InChI is InChI=1S/C9H9BrN2O/c1-13-9-6-5-8(11-12-9)4-2-3-7-10/h5-6H,3,7H2,1H3. The number of aromatic nitrogens is 2. The van der Waals surface area contributed by atoms with Crippen molar-refractivity contribution in [3.8, 4) is 17.7 Å². The molecule has 0 spiro atoms. The lowest BCUT2D eigenvalue weighted by Crippen LogP contribution is -1.91. The van der Waals surface area contributed by atoms with Crippen LogP contribution in [0, 0.1) is 11.8 Å². The van der Waals surface area contributed by atoms with E-state index in [0.29, 0.717) is 11.6 Å². The highest BCUT2D eigenvalue weighted by atomic mass is 79.9. The Kier molecular flexibility index (Phi) is 4.27. The molecule has 1 aromatic rings. The average molecular weight is 241 g/mol. The van der Waals surface area contributed by atoms with E-state index >= 15 is 0 Å². The largest absolute Gasteiger partial charge is 0.480 e. The van der Waals surface area contributed by atoms with E-state index in [1.54, 1.807) is 19.2 Å². The lowest BCUT2D eigenvalue weighted by Gasteiger charge is -1.94. The Labute approximate surface area is 85.6 Å². The van der Waals surface area contributed by atoms with Crippen LogP contribution in [-0.4, -0.2) is 22.6 Å². The first kappa shape index (κ1) is 10.0. The zero-order valence-corrected chi connectivity index (χ0v) is 8.84. The maximum absolute atomic E-state index is 4.87. The lowest BCUT2D eigenvalue weighted by molar-refractivity contribution is 0.391. The predicted molar refractivity (Wildman–Crippen MR) is 53.9 cm³/mol. The number of alkyl halides is 1. The summed E-state index contributed by atoms with van der Waals surface area (Å²) in [5, 5.41) is 8.53. The number of nitrogens with zero attached hydrogens (tertiary/aromatic N) is 2. The van der Waals surface area contributed by atoms with Crippen molar-refractivity contribution in [1.29, 1.82) is 0 Å². The molecule has 1 rings (SSSR count). The van der Waals surface area contributed by atoms with Crippen molar-refractivity contribution in [2.45, 2.75) is 6.42 Å². The molecule has 1 aromatic heterocycles. The molecule has 0 bridgehead atoms. The summed E-state index contributed by atoms with van der Waals surface area (Å²) in [6.07, 6.45) is 0.813. The van der Waals surface area contributed by atoms with E-state index in [9.17, 15) is 0 Å². The fraction of sp³-hybridized carbons (Fsp3) is 0.333. The molecule has 0 unspecified atom stereocenters. The van der Waals surface area contributed by atoms with E-state index in [0.717, 1.165) is 11.8 Å². The van der Waals surface area contributed by atoms with Crippen LogP contribution < -0.4 is 4.74 Å². The first-order valence-electron chi connectivity index (χ1n) is 3.79. The van der Waals surface area contributed by atoms with Crippen LogP contribution in [-0.2, 0) is 0 Å². The van der Waals surface area contributed by atoms with Gasteiger partial charge in [0.1, 0.15) is 5.69 Å². The van der Waals surface area contributed by atoms with Crippen LogP contribution in [0.1, 0.15) is 12.1 Å². The normalized spacial score (nSPS) is 8.77. The highest BCUT2D eigenvalue weighted by Crippen LogP contribution is 2.02. The Morgan fingerprint density at radius 1 is 1.46 bits per heavy atom. The Hall–Kier alpha value is -1.08. The second kappa shape index (κ2) is 5.55. The van der Waals surface area contributed by atoms with Gasteiger partial charge in [0, 0.05) is 17.8 Å². The van der Waals surface area contributed by atoms with Crippen molar-refractivity contribution in [1.82, 2.24) is 10.2 Å². The van der Waals surface area contributed by atoms with E-state index in [2.05, 4.69) is 38.0 Å². The number of hydrogen-bond acceptors (Lipinski definition) is 3. The van der Waals surface area contributed by atoms with Crippen LogP contribution >= 0.6 is 15.9 Å². The van der Waals surface area contributed by atoms with Crippen molar-refractivity contribution in [3.63, 3.8) is 0 Å². The van der Waals surface area contributed by atoms with Gasteiger partial charge in [0.25, 0.3) is 0 Å². The van der Waals surface area contributed by atoms with Gasteiger partial charge in [0.15, 0.2) is 0 Å². The smallest absolute Gasteiger partial charge is 0.233 e. The van der Waals surface area contributed by atoms with Crippen molar-refractivity contribution >= 4 is 15.9 Å². The van der Waals surface area contributed by atoms with Crippen molar-refractivity contribution in [3.05, 3.63) is 17.8 Å². The molecular formula is C9H9BrN2O. The van der Waals surface area contributed by atoms with Crippen molar-refractivity contribution in [2.75, 3.05) is 12.4 Å². The van der Waals surface area contributed by atoms with Crippen LogP contribution in [0.4, 0.5) is 0 Å². The topological polar surface area (TPSA) is 35.0 Å². The highest BCUT2D eigenvalue weighted by molar-refractivity contribution is 9.09. The molecule has 0 saturated heterocycles. The van der Waals surface area contributed by atoms with Crippen molar-refractivity contribution < 1.29 is 4.74 Å². The molecule has 13 heavy (non-hydrogen) atoms. The maximum atomic E-state index is 4.87. The Morgan fingerprint density at radius 2 is 2.31 bits per heavy atom. The third kappa shape index (κ3) is 3.43. The number of hydrogen-bond donors (Lipinski definition) is 0. The zero-order chi connectivity index (χ0) is 9.52. The van der Waals surface area contributed by atoms with Crippen LogP contribution in [0.2, 0.25) is 0 Å². The number of ether oxygens (including phenoxy) is 1. The first-order chi connectivity index (χ1) is 6.36. The molecule has 0 aliphatic rings. The maximum Gasteiger partial charge on any atom is 0.233 e. The first-order valence-corrected chi connectivity index (χ1v) is 4.91. The van der Waals surface area contributed by atoms with Gasteiger partial charge in [-0.1, -0.05) is 21.9 Å². The lowest BCUT2D eigenvalue weighted by atomic mass is 10.3. The number of methoxy groups -OCH3 is 1. The monoisotopic (exact) mass is 240 g/mol. The summed E-state index contributed by atoms with van der Waals surface area (Å²) in [6.45, 7) is 0. The summed E-state index contributed by atoms with van der Waals surface area (Å²) in [5.41, 5.74) is 0.668. The minimum Gasteiger partial charge on any atom is -0.480 e. The van der Waals surface area contributed by atoms with Gasteiger partial charge < -0.3 is 4.74 Å². The molecule has 0 amide bonds. The van der Waals surface area contributed by atoms with E-state index in [-0.39, 0.29) is 0 Å². The third-order valence-corrected chi connectivity index (χ3v) is 1.68. The molecule has 3 nitrogen and oxygen atoms in total. The quantitative estimate of drug-likeness (QED) is 0.583. The van der Waals surface area contributed by atoms with E-state index < -0.39 is 0 Å². The van der Waals surface area contributed by atoms with Gasteiger partial charge in [0.05, 0.1) is 7.11 Å². The van der Waals surface area contributed by atoms with Gasteiger partial charge in [-0.3, -0.25) is 0 Å². The second-order valence-electron chi connectivity index (χ2n) is 2.20. The molecule has 0 fully saturated rings. The Morgan fingerprint density at radius 3 is 2.85 bits per heavy atom. The molecule has 1 heterocycles. The van der Waals surface area contributed by atoms with Gasteiger partial charge >= 0.3 is 0 Å². The van der Waals surface area contributed by atoms with Gasteiger partial charge in [-0.25, -0.2) is 0 Å². The third-order valence-electron chi connectivity index (χ3n) is 1.29. The van der Waals surface area contributed by atoms with Crippen LogP contribution in [0.15, 0.2) is 12.1 Å². The molecule has 0 aliphatic carbocycles. The fourth-order valence-corrected chi connectivity index (χ4v) is 0.894. The molecule has 4 heteroatoms. The average Bonchev–Trinajstić information content (AvgIpc) is 2.19. The van der Waals surface area contributed by atoms with Gasteiger partial charge in [-0.05, 0) is 12.0 Å². The summed E-state index contributed by atoms with van der Waals surface area (Å²) in [7, 11) is 1.56. The minimum atomic E-state index is 0.506. The van der Waals surface area contributed by atoms with E-state index in [4.69, 9.17) is 4.74 Å². The van der Waals surface area contributed by atoms with Crippen LogP contribution in [0.25, 0.3) is 0 Å². The fourth-order valence-electron chi connectivity index (χ4n) is 0.696. The van der Waals surface area contributed by atoms with Gasteiger partial charge in [0.2, 0.25) is 5.88 Å². The predicted octanol–water partition coefficient (Wildman–Crippen LogP) is 1.62.